The van der Waals surface area contributed by atoms with Crippen LogP contribution < -0.4 is 9.46 Å². The van der Waals surface area contributed by atoms with Crippen molar-refractivity contribution in [3.05, 3.63) is 41.3 Å². The number of sulfonamides is 1. The molecule has 2 aromatic rings. The first-order chi connectivity index (χ1) is 21.5. The number of nitrogens with one attached hydrogen (secondary N) is 1. The number of carbonyl (C=O) groups excluding carboxylic acids is 2. The normalized spacial score (nSPS) is 23.4. The highest BCUT2D eigenvalue weighted by atomic mass is 32.2. The lowest BCUT2D eigenvalue weighted by Crippen LogP contribution is -2.48. The number of aliphatic hydroxyl groups is 1. The number of hydrogen-bond donors (Lipinski definition) is 2. The van der Waals surface area contributed by atoms with Crippen LogP contribution in [0.2, 0.25) is 0 Å². The SMILES string of the molecule is C[C@H](CO)N1C[C@H](C)[C@@H](CN(C)C(=O)C2CCCCC2)OCCCC[C@H](C)Oc2ccc(NS(=O)(=O)c3cccs3)cc2C1=O. The van der Waals surface area contributed by atoms with Gasteiger partial charge in [-0.25, -0.2) is 8.42 Å². The van der Waals surface area contributed by atoms with Crippen LogP contribution in [0.3, 0.4) is 0 Å². The second-order valence-corrected chi connectivity index (χ2v) is 15.5. The summed E-state index contributed by atoms with van der Waals surface area (Å²) in [4.78, 5) is 31.0. The quantitative estimate of drug-likeness (QED) is 0.388. The predicted molar refractivity (Wildman–Crippen MR) is 176 cm³/mol. The molecule has 2 N–H and O–H groups in total. The number of rotatable bonds is 8. The molecule has 4 rings (SSSR count). The Kier molecular flexibility index (Phi) is 12.7. The number of thiophene rings is 1. The molecule has 0 radical (unpaired) electrons. The van der Waals surface area contributed by atoms with Crippen molar-refractivity contribution >= 4 is 38.9 Å². The van der Waals surface area contributed by atoms with Gasteiger partial charge in [0.05, 0.1) is 30.4 Å². The van der Waals surface area contributed by atoms with E-state index in [0.717, 1.165) is 56.3 Å². The van der Waals surface area contributed by atoms with Crippen molar-refractivity contribution in [3.8, 4) is 5.75 Å². The van der Waals surface area contributed by atoms with E-state index in [0.29, 0.717) is 18.9 Å². The van der Waals surface area contributed by atoms with E-state index in [1.807, 2.05) is 20.9 Å². The Hall–Kier alpha value is -2.67. The van der Waals surface area contributed by atoms with Crippen LogP contribution >= 0.6 is 11.3 Å². The van der Waals surface area contributed by atoms with Crippen LogP contribution in [0.4, 0.5) is 5.69 Å². The van der Waals surface area contributed by atoms with Gasteiger partial charge in [-0.1, -0.05) is 32.3 Å². The molecule has 250 valence electrons. The van der Waals surface area contributed by atoms with Crippen LogP contribution in [0.5, 0.6) is 5.75 Å². The first-order valence-electron chi connectivity index (χ1n) is 16.2. The Morgan fingerprint density at radius 3 is 2.56 bits per heavy atom. The monoisotopic (exact) mass is 663 g/mol. The Bertz CT molecular complexity index is 1360. The van der Waals surface area contributed by atoms with Gasteiger partial charge in [-0.3, -0.25) is 14.3 Å². The average molecular weight is 664 g/mol. The minimum atomic E-state index is -3.84. The van der Waals surface area contributed by atoms with Crippen LogP contribution in [-0.4, -0.2) is 86.7 Å². The maximum absolute atomic E-state index is 14.3. The molecular formula is C33H49N3O7S2. The smallest absolute Gasteiger partial charge is 0.271 e. The number of likely N-dealkylation sites (N-methyl/N-ethyl adjacent to an activating group) is 1. The minimum Gasteiger partial charge on any atom is -0.490 e. The van der Waals surface area contributed by atoms with Gasteiger partial charge in [-0.2, -0.15) is 0 Å². The van der Waals surface area contributed by atoms with Crippen molar-refractivity contribution in [2.24, 2.45) is 11.8 Å². The van der Waals surface area contributed by atoms with Crippen molar-refractivity contribution in [1.82, 2.24) is 9.80 Å². The zero-order valence-corrected chi connectivity index (χ0v) is 28.6. The molecule has 1 saturated carbocycles. The third-order valence-corrected chi connectivity index (χ3v) is 11.6. The molecule has 1 fully saturated rings. The first-order valence-corrected chi connectivity index (χ1v) is 18.5. The maximum Gasteiger partial charge on any atom is 0.271 e. The van der Waals surface area contributed by atoms with Crippen LogP contribution in [-0.2, 0) is 19.6 Å². The molecule has 1 aliphatic heterocycles. The van der Waals surface area contributed by atoms with E-state index in [9.17, 15) is 23.1 Å². The molecular weight excluding hydrogens is 615 g/mol. The first kappa shape index (κ1) is 35.2. The van der Waals surface area contributed by atoms with Gasteiger partial charge in [0.25, 0.3) is 15.9 Å². The predicted octanol–water partition coefficient (Wildman–Crippen LogP) is 5.38. The lowest BCUT2D eigenvalue weighted by molar-refractivity contribution is -0.137. The molecule has 2 heterocycles. The van der Waals surface area contributed by atoms with E-state index in [2.05, 4.69) is 4.72 Å². The molecule has 4 atom stereocenters. The fourth-order valence-corrected chi connectivity index (χ4v) is 8.13. The molecule has 2 amide bonds. The fraction of sp³-hybridized carbons (Fsp3) is 0.636. The summed E-state index contributed by atoms with van der Waals surface area (Å²) in [5.41, 5.74) is 0.446. The molecule has 10 nitrogen and oxygen atoms in total. The summed E-state index contributed by atoms with van der Waals surface area (Å²) >= 11 is 1.10. The van der Waals surface area contributed by atoms with E-state index in [1.54, 1.807) is 40.3 Å². The number of anilines is 1. The number of aliphatic hydroxyl groups excluding tert-OH is 1. The molecule has 45 heavy (non-hydrogen) atoms. The Labute approximate surface area is 272 Å². The minimum absolute atomic E-state index is 0.0504. The third kappa shape index (κ3) is 9.43. The number of benzene rings is 1. The zero-order valence-electron chi connectivity index (χ0n) is 26.9. The highest BCUT2D eigenvalue weighted by Crippen LogP contribution is 2.30. The summed E-state index contributed by atoms with van der Waals surface area (Å²) in [6.07, 6.45) is 7.08. The second-order valence-electron chi connectivity index (χ2n) is 12.6. The lowest BCUT2D eigenvalue weighted by Gasteiger charge is -2.36. The standard InChI is InChI=1S/C33H49N3O7S2/c1-23-20-36(24(2)22-37)33(39)28-19-27(34-45(40,41)31-14-10-18-44-31)15-16-29(28)43-25(3)11-8-9-17-42-30(23)21-35(4)32(38)26-12-6-5-7-13-26/h10,14-16,18-19,23-26,30,34,37H,5-9,11-13,17,20-22H2,1-4H3/t23-,24+,25-,30+/m0/s1. The average Bonchev–Trinajstić information content (AvgIpc) is 3.59. The van der Waals surface area contributed by atoms with Crippen LogP contribution in [0.15, 0.2) is 39.9 Å². The van der Waals surface area contributed by atoms with Gasteiger partial charge in [0, 0.05) is 44.3 Å². The molecule has 2 aliphatic rings. The molecule has 1 aromatic heterocycles. The van der Waals surface area contributed by atoms with Crippen molar-refractivity contribution in [2.75, 3.05) is 38.1 Å². The Morgan fingerprint density at radius 1 is 1.13 bits per heavy atom. The summed E-state index contributed by atoms with van der Waals surface area (Å²) in [5.74, 6) is 0.00651. The Morgan fingerprint density at radius 2 is 1.87 bits per heavy atom. The van der Waals surface area contributed by atoms with Gasteiger partial charge in [0.1, 0.15) is 9.96 Å². The van der Waals surface area contributed by atoms with Crippen molar-refractivity contribution in [1.29, 1.82) is 0 Å². The number of amides is 2. The van der Waals surface area contributed by atoms with Crippen molar-refractivity contribution in [2.45, 2.75) is 94.6 Å². The number of ether oxygens (including phenoxy) is 2. The topological polar surface area (TPSA) is 125 Å². The number of carbonyl (C=O) groups is 2. The fourth-order valence-electron chi connectivity index (χ4n) is 6.09. The van der Waals surface area contributed by atoms with Gasteiger partial charge in [0.2, 0.25) is 5.91 Å². The van der Waals surface area contributed by atoms with Gasteiger partial charge >= 0.3 is 0 Å². The summed E-state index contributed by atoms with van der Waals surface area (Å²) in [5, 5.41) is 11.9. The number of hydrogen-bond acceptors (Lipinski definition) is 8. The van der Waals surface area contributed by atoms with Crippen molar-refractivity contribution < 1.29 is 32.6 Å². The number of fused-ring (bicyclic) bond motifs is 1. The highest BCUT2D eigenvalue weighted by Gasteiger charge is 2.32. The summed E-state index contributed by atoms with van der Waals surface area (Å²) in [6, 6.07) is 7.38. The highest BCUT2D eigenvalue weighted by molar-refractivity contribution is 7.94. The lowest BCUT2D eigenvalue weighted by atomic mass is 9.88. The van der Waals surface area contributed by atoms with Crippen LogP contribution in [0.25, 0.3) is 0 Å². The van der Waals surface area contributed by atoms with Crippen LogP contribution in [0.1, 0.15) is 82.5 Å². The van der Waals surface area contributed by atoms with E-state index in [-0.39, 0.29) is 64.5 Å². The summed E-state index contributed by atoms with van der Waals surface area (Å²) in [7, 11) is -2.00. The van der Waals surface area contributed by atoms with Gasteiger partial charge < -0.3 is 24.4 Å². The van der Waals surface area contributed by atoms with E-state index in [1.165, 1.54) is 18.6 Å². The molecule has 0 spiro atoms. The zero-order chi connectivity index (χ0) is 32.6. The van der Waals surface area contributed by atoms with E-state index in [4.69, 9.17) is 9.47 Å². The maximum atomic E-state index is 14.3. The molecule has 0 unspecified atom stereocenters. The van der Waals surface area contributed by atoms with Crippen LogP contribution in [0, 0.1) is 11.8 Å². The number of nitrogens with zero attached hydrogens (tertiary/aromatic N) is 2. The molecule has 12 heteroatoms. The van der Waals surface area contributed by atoms with Gasteiger partial charge in [0.15, 0.2) is 0 Å². The van der Waals surface area contributed by atoms with E-state index < -0.39 is 16.1 Å². The summed E-state index contributed by atoms with van der Waals surface area (Å²) in [6.45, 7) is 6.66. The van der Waals surface area contributed by atoms with E-state index >= 15 is 0 Å². The largest absolute Gasteiger partial charge is 0.490 e. The molecule has 1 aromatic carbocycles. The van der Waals surface area contributed by atoms with Crippen molar-refractivity contribution in [3.63, 3.8) is 0 Å². The summed E-state index contributed by atoms with van der Waals surface area (Å²) < 4.78 is 41.4. The molecule has 1 aliphatic carbocycles. The van der Waals surface area contributed by atoms with Gasteiger partial charge in [-0.15, -0.1) is 11.3 Å². The van der Waals surface area contributed by atoms with Gasteiger partial charge in [-0.05, 0) is 75.6 Å². The third-order valence-electron chi connectivity index (χ3n) is 8.85. The molecule has 0 saturated heterocycles. The Balaban J connectivity index is 1.63. The second kappa shape index (κ2) is 16.2. The molecule has 0 bridgehead atoms.